The van der Waals surface area contributed by atoms with Crippen molar-refractivity contribution in [1.82, 2.24) is 19.7 Å². The Morgan fingerprint density at radius 2 is 2.29 bits per heavy atom. The van der Waals surface area contributed by atoms with E-state index in [9.17, 15) is 0 Å². The maximum absolute atomic E-state index is 8.58. The van der Waals surface area contributed by atoms with Crippen molar-refractivity contribution < 1.29 is 5.11 Å². The van der Waals surface area contributed by atoms with Crippen molar-refractivity contribution in [3.05, 3.63) is 18.3 Å². The summed E-state index contributed by atoms with van der Waals surface area (Å²) in [4.78, 5) is 8.41. The predicted octanol–water partition coefficient (Wildman–Crippen LogP) is -0.0941. The summed E-state index contributed by atoms with van der Waals surface area (Å²) in [5.74, 6) is 0.845. The summed E-state index contributed by atoms with van der Waals surface area (Å²) < 4.78 is 1.64. The smallest absolute Gasteiger partial charge is 0.226 e. The zero-order chi connectivity index (χ0) is 12.3. The van der Waals surface area contributed by atoms with Gasteiger partial charge in [0.2, 0.25) is 5.95 Å². The highest BCUT2D eigenvalue weighted by molar-refractivity contribution is 5.86. The second kappa shape index (κ2) is 4.79. The fraction of sp³-hybridized carbons (Fsp3) is 0.300. The molecule has 0 amide bonds. The number of aliphatic hydroxyl groups excluding tert-OH is 1. The van der Waals surface area contributed by atoms with E-state index in [1.54, 1.807) is 30.1 Å². The molecule has 0 spiro atoms. The van der Waals surface area contributed by atoms with Crippen molar-refractivity contribution in [3.63, 3.8) is 0 Å². The minimum Gasteiger partial charge on any atom is -0.392 e. The van der Waals surface area contributed by atoms with Gasteiger partial charge in [-0.1, -0.05) is 12.2 Å². The number of nitrogens with two attached hydrogens (primary N) is 1. The molecule has 2 rings (SSSR count). The lowest BCUT2D eigenvalue weighted by atomic mass is 10.4. The number of rotatable bonds is 4. The van der Waals surface area contributed by atoms with E-state index >= 15 is 0 Å². The first-order chi connectivity index (χ1) is 8.22. The number of aromatic nitrogens is 4. The van der Waals surface area contributed by atoms with Gasteiger partial charge in [-0.05, 0) is 0 Å². The minimum atomic E-state index is 0.0193. The summed E-state index contributed by atoms with van der Waals surface area (Å²) in [6.45, 7) is 0.550. The molecule has 0 radical (unpaired) electrons. The van der Waals surface area contributed by atoms with Crippen molar-refractivity contribution in [2.45, 2.75) is 0 Å². The predicted molar refractivity (Wildman–Crippen MR) is 65.4 cm³/mol. The monoisotopic (exact) mass is 234 g/mol. The minimum absolute atomic E-state index is 0.0193. The maximum Gasteiger partial charge on any atom is 0.226 e. The Hall–Kier alpha value is -2.15. The van der Waals surface area contributed by atoms with E-state index in [0.717, 1.165) is 5.39 Å². The molecule has 0 atom stereocenters. The van der Waals surface area contributed by atoms with Crippen LogP contribution in [-0.4, -0.2) is 38.0 Å². The van der Waals surface area contributed by atoms with Crippen molar-refractivity contribution in [3.8, 4) is 0 Å². The van der Waals surface area contributed by atoms with Gasteiger partial charge in [-0.25, -0.2) is 0 Å². The Labute approximate surface area is 98.0 Å². The standard InChI is InChI=1S/C10H14N6O/c1-16-9-7(6-13-16)8(11)14-10(15-9)12-4-2-3-5-17/h2-3,6,17H,4-5H2,1H3,(H3,11,12,14,15)/b3-2+. The Kier molecular flexibility index (Phi) is 3.20. The van der Waals surface area contributed by atoms with Gasteiger partial charge >= 0.3 is 0 Å². The highest BCUT2D eigenvalue weighted by Gasteiger charge is 2.08. The Bertz CT molecular complexity index is 547. The molecule has 0 unspecified atom stereocenters. The van der Waals surface area contributed by atoms with Gasteiger partial charge in [0.15, 0.2) is 5.65 Å². The largest absolute Gasteiger partial charge is 0.392 e. The summed E-state index contributed by atoms with van der Waals surface area (Å²) in [5.41, 5.74) is 6.48. The van der Waals surface area contributed by atoms with E-state index in [0.29, 0.717) is 24.0 Å². The number of nitrogens with zero attached hydrogens (tertiary/aromatic N) is 4. The van der Waals surface area contributed by atoms with Crippen molar-refractivity contribution in [1.29, 1.82) is 0 Å². The van der Waals surface area contributed by atoms with Gasteiger partial charge in [0, 0.05) is 13.6 Å². The maximum atomic E-state index is 8.58. The number of nitrogen functional groups attached to an aromatic ring is 1. The zero-order valence-electron chi connectivity index (χ0n) is 9.46. The average Bonchev–Trinajstić information content (AvgIpc) is 2.68. The molecule has 7 nitrogen and oxygen atoms in total. The summed E-state index contributed by atoms with van der Waals surface area (Å²) in [7, 11) is 1.80. The lowest BCUT2D eigenvalue weighted by Crippen LogP contribution is -2.06. The lowest BCUT2D eigenvalue weighted by molar-refractivity contribution is 0.342. The molecular formula is C10H14N6O. The van der Waals surface area contributed by atoms with E-state index in [-0.39, 0.29) is 6.61 Å². The molecule has 0 saturated carbocycles. The first-order valence-electron chi connectivity index (χ1n) is 5.17. The van der Waals surface area contributed by atoms with Gasteiger partial charge in [0.05, 0.1) is 18.2 Å². The Balaban J connectivity index is 2.23. The van der Waals surface area contributed by atoms with Crippen LogP contribution in [0.2, 0.25) is 0 Å². The summed E-state index contributed by atoms with van der Waals surface area (Å²) in [6.07, 6.45) is 5.06. The second-order valence-corrected chi connectivity index (χ2v) is 3.47. The Morgan fingerprint density at radius 3 is 3.06 bits per heavy atom. The second-order valence-electron chi connectivity index (χ2n) is 3.47. The highest BCUT2D eigenvalue weighted by Crippen LogP contribution is 2.17. The van der Waals surface area contributed by atoms with Crippen LogP contribution in [-0.2, 0) is 7.05 Å². The molecule has 90 valence electrons. The molecule has 2 heterocycles. The fourth-order valence-corrected chi connectivity index (χ4v) is 1.43. The number of fused-ring (bicyclic) bond motifs is 1. The molecule has 0 aliphatic heterocycles. The van der Waals surface area contributed by atoms with E-state index in [2.05, 4.69) is 20.4 Å². The van der Waals surface area contributed by atoms with Gasteiger partial charge in [-0.3, -0.25) is 4.68 Å². The third-order valence-electron chi connectivity index (χ3n) is 2.27. The summed E-state index contributed by atoms with van der Waals surface area (Å²) >= 11 is 0. The first kappa shape index (κ1) is 11.3. The van der Waals surface area contributed by atoms with E-state index < -0.39 is 0 Å². The molecule has 4 N–H and O–H groups in total. The summed E-state index contributed by atoms with van der Waals surface area (Å²) in [6, 6.07) is 0. The van der Waals surface area contributed by atoms with Crippen molar-refractivity contribution in [2.24, 2.45) is 7.05 Å². The fourth-order valence-electron chi connectivity index (χ4n) is 1.43. The van der Waals surface area contributed by atoms with Crippen molar-refractivity contribution >= 4 is 22.8 Å². The van der Waals surface area contributed by atoms with Gasteiger partial charge in [-0.2, -0.15) is 15.1 Å². The van der Waals surface area contributed by atoms with Crippen LogP contribution in [0.4, 0.5) is 11.8 Å². The molecule has 2 aromatic rings. The van der Waals surface area contributed by atoms with Crippen LogP contribution in [0, 0.1) is 0 Å². The van der Waals surface area contributed by atoms with E-state index in [1.807, 2.05) is 0 Å². The number of aryl methyl sites for hydroxylation is 1. The SMILES string of the molecule is Cn1ncc2c(N)nc(NC/C=C/CO)nc21. The normalized spacial score (nSPS) is 11.4. The Morgan fingerprint density at radius 1 is 1.47 bits per heavy atom. The van der Waals surface area contributed by atoms with Crippen LogP contribution in [0.5, 0.6) is 0 Å². The van der Waals surface area contributed by atoms with E-state index in [4.69, 9.17) is 10.8 Å². The molecule has 2 aromatic heterocycles. The summed E-state index contributed by atoms with van der Waals surface area (Å²) in [5, 5.41) is 16.4. The molecule has 0 aliphatic rings. The highest BCUT2D eigenvalue weighted by atomic mass is 16.2. The third-order valence-corrected chi connectivity index (χ3v) is 2.27. The molecule has 0 saturated heterocycles. The van der Waals surface area contributed by atoms with Gasteiger partial charge in [0.25, 0.3) is 0 Å². The van der Waals surface area contributed by atoms with Crippen LogP contribution >= 0.6 is 0 Å². The number of anilines is 2. The van der Waals surface area contributed by atoms with Crippen LogP contribution in [0.3, 0.4) is 0 Å². The van der Waals surface area contributed by atoms with Crippen LogP contribution in [0.25, 0.3) is 11.0 Å². The van der Waals surface area contributed by atoms with Gasteiger partial charge < -0.3 is 16.2 Å². The molecule has 0 aliphatic carbocycles. The number of nitrogens with one attached hydrogen (secondary N) is 1. The van der Waals surface area contributed by atoms with Gasteiger partial charge in [-0.15, -0.1) is 0 Å². The molecule has 0 bridgehead atoms. The van der Waals surface area contributed by atoms with E-state index in [1.165, 1.54) is 0 Å². The van der Waals surface area contributed by atoms with Crippen LogP contribution in [0.15, 0.2) is 18.3 Å². The first-order valence-corrected chi connectivity index (χ1v) is 5.17. The van der Waals surface area contributed by atoms with Gasteiger partial charge in [0.1, 0.15) is 5.82 Å². The molecule has 7 heteroatoms. The lowest BCUT2D eigenvalue weighted by Gasteiger charge is -2.03. The molecule has 0 fully saturated rings. The van der Waals surface area contributed by atoms with Crippen molar-refractivity contribution in [2.75, 3.05) is 24.2 Å². The number of aliphatic hydroxyl groups is 1. The number of hydrogen-bond donors (Lipinski definition) is 3. The average molecular weight is 234 g/mol. The topological polar surface area (TPSA) is 102 Å². The van der Waals surface area contributed by atoms with Crippen LogP contribution in [0.1, 0.15) is 0 Å². The third kappa shape index (κ3) is 2.34. The molecular weight excluding hydrogens is 220 g/mol. The molecule has 17 heavy (non-hydrogen) atoms. The molecule has 0 aromatic carbocycles. The quantitative estimate of drug-likeness (QED) is 0.639. The number of hydrogen-bond acceptors (Lipinski definition) is 6. The van der Waals surface area contributed by atoms with Crippen LogP contribution < -0.4 is 11.1 Å². The zero-order valence-corrected chi connectivity index (χ0v) is 9.46.